The van der Waals surface area contributed by atoms with Crippen LogP contribution in [-0.2, 0) is 9.59 Å². The normalized spacial score (nSPS) is 26.2. The third kappa shape index (κ3) is 2.61. The Balaban J connectivity index is 2.11. The monoisotopic (exact) mass is 238 g/mol. The summed E-state index contributed by atoms with van der Waals surface area (Å²) in [6.45, 7) is 7.99. The Kier molecular flexibility index (Phi) is 3.15. The molecule has 0 aromatic rings. The van der Waals surface area contributed by atoms with Gasteiger partial charge >= 0.3 is 0 Å². The second-order valence-corrected chi connectivity index (χ2v) is 6.35. The fourth-order valence-corrected chi connectivity index (χ4v) is 2.74. The summed E-state index contributed by atoms with van der Waals surface area (Å²) in [5, 5.41) is 0. The lowest BCUT2D eigenvalue weighted by atomic mass is 9.93. The van der Waals surface area contributed by atoms with Gasteiger partial charge < -0.3 is 9.80 Å². The quantitative estimate of drug-likeness (QED) is 0.690. The fraction of sp³-hybridized carbons (Fsp3) is 0.846. The maximum Gasteiger partial charge on any atom is 0.245 e. The highest BCUT2D eigenvalue weighted by Crippen LogP contribution is 2.25. The summed E-state index contributed by atoms with van der Waals surface area (Å²) in [4.78, 5) is 27.8. The number of hydrogen-bond donors (Lipinski definition) is 0. The largest absolute Gasteiger partial charge is 0.331 e. The molecule has 0 aromatic carbocycles. The van der Waals surface area contributed by atoms with E-state index in [1.54, 1.807) is 9.80 Å². The topological polar surface area (TPSA) is 40.6 Å². The van der Waals surface area contributed by atoms with Crippen molar-refractivity contribution in [2.24, 2.45) is 5.41 Å². The molecule has 2 heterocycles. The number of amides is 2. The number of rotatable bonds is 1. The SMILES string of the molecule is CC(C)(C)CN1CC(=O)N2CCCCC2C1=O. The first kappa shape index (κ1) is 12.4. The summed E-state index contributed by atoms with van der Waals surface area (Å²) in [6.07, 6.45) is 2.93. The number of carbonyl (C=O) groups excluding carboxylic acids is 2. The highest BCUT2D eigenvalue weighted by Gasteiger charge is 2.41. The van der Waals surface area contributed by atoms with Gasteiger partial charge in [-0.2, -0.15) is 0 Å². The van der Waals surface area contributed by atoms with E-state index in [0.717, 1.165) is 25.8 Å². The van der Waals surface area contributed by atoms with Gasteiger partial charge in [0, 0.05) is 13.1 Å². The Hall–Kier alpha value is -1.06. The van der Waals surface area contributed by atoms with Crippen molar-refractivity contribution in [2.75, 3.05) is 19.6 Å². The highest BCUT2D eigenvalue weighted by atomic mass is 16.2. The molecule has 96 valence electrons. The predicted octanol–water partition coefficient (Wildman–Crippen LogP) is 1.26. The van der Waals surface area contributed by atoms with Crippen molar-refractivity contribution in [2.45, 2.75) is 46.1 Å². The standard InChI is InChI=1S/C13H22N2O2/c1-13(2,3)9-14-8-11(16)15-7-5-4-6-10(15)12(14)17/h10H,4-9H2,1-3H3. The van der Waals surface area contributed by atoms with Crippen LogP contribution in [0.1, 0.15) is 40.0 Å². The number of hydrogen-bond acceptors (Lipinski definition) is 2. The van der Waals surface area contributed by atoms with Gasteiger partial charge in [-0.1, -0.05) is 20.8 Å². The van der Waals surface area contributed by atoms with Crippen LogP contribution in [0.4, 0.5) is 0 Å². The number of carbonyl (C=O) groups is 2. The molecule has 1 atom stereocenters. The van der Waals surface area contributed by atoms with E-state index in [4.69, 9.17) is 0 Å². The summed E-state index contributed by atoms with van der Waals surface area (Å²) in [7, 11) is 0. The Labute approximate surface area is 103 Å². The predicted molar refractivity (Wildman–Crippen MR) is 65.4 cm³/mol. The van der Waals surface area contributed by atoms with Crippen molar-refractivity contribution in [1.29, 1.82) is 0 Å². The van der Waals surface area contributed by atoms with Gasteiger partial charge in [0.1, 0.15) is 6.04 Å². The van der Waals surface area contributed by atoms with E-state index in [0.29, 0.717) is 6.54 Å². The summed E-state index contributed by atoms with van der Waals surface area (Å²) in [6, 6.07) is -0.174. The summed E-state index contributed by atoms with van der Waals surface area (Å²) in [5.74, 6) is 0.276. The van der Waals surface area contributed by atoms with Crippen LogP contribution in [-0.4, -0.2) is 47.3 Å². The molecule has 2 aliphatic heterocycles. The Morgan fingerprint density at radius 3 is 2.59 bits per heavy atom. The van der Waals surface area contributed by atoms with Crippen LogP contribution in [0, 0.1) is 5.41 Å². The molecule has 4 heteroatoms. The molecule has 17 heavy (non-hydrogen) atoms. The number of nitrogens with zero attached hydrogens (tertiary/aromatic N) is 2. The van der Waals surface area contributed by atoms with Crippen molar-refractivity contribution < 1.29 is 9.59 Å². The molecule has 2 aliphatic rings. The third-order valence-corrected chi connectivity index (χ3v) is 3.41. The van der Waals surface area contributed by atoms with E-state index in [2.05, 4.69) is 20.8 Å². The maximum atomic E-state index is 12.3. The first-order chi connectivity index (χ1) is 7.88. The molecule has 2 fully saturated rings. The lowest BCUT2D eigenvalue weighted by Gasteiger charge is -2.44. The van der Waals surface area contributed by atoms with Crippen LogP contribution in [0.3, 0.4) is 0 Å². The summed E-state index contributed by atoms with van der Waals surface area (Å²) in [5.41, 5.74) is 0.0484. The number of fused-ring (bicyclic) bond motifs is 1. The van der Waals surface area contributed by atoms with E-state index in [1.807, 2.05) is 0 Å². The first-order valence-corrected chi connectivity index (χ1v) is 6.47. The van der Waals surface area contributed by atoms with Crippen LogP contribution in [0.15, 0.2) is 0 Å². The molecular formula is C13H22N2O2. The van der Waals surface area contributed by atoms with Gasteiger partial charge in [-0.15, -0.1) is 0 Å². The van der Waals surface area contributed by atoms with Gasteiger partial charge in [0.15, 0.2) is 0 Å². The zero-order valence-electron chi connectivity index (χ0n) is 11.0. The third-order valence-electron chi connectivity index (χ3n) is 3.41. The molecule has 0 N–H and O–H groups in total. The molecule has 0 bridgehead atoms. The highest BCUT2D eigenvalue weighted by molar-refractivity contribution is 5.95. The first-order valence-electron chi connectivity index (χ1n) is 6.47. The van der Waals surface area contributed by atoms with Crippen molar-refractivity contribution in [3.8, 4) is 0 Å². The van der Waals surface area contributed by atoms with Gasteiger partial charge in [0.25, 0.3) is 0 Å². The van der Waals surface area contributed by atoms with Crippen molar-refractivity contribution in [3.63, 3.8) is 0 Å². The van der Waals surface area contributed by atoms with Crippen molar-refractivity contribution >= 4 is 11.8 Å². The van der Waals surface area contributed by atoms with Gasteiger partial charge in [-0.3, -0.25) is 9.59 Å². The van der Waals surface area contributed by atoms with Crippen LogP contribution >= 0.6 is 0 Å². The average Bonchev–Trinajstić information content (AvgIpc) is 2.24. The minimum absolute atomic E-state index is 0.0484. The molecule has 0 aliphatic carbocycles. The Morgan fingerprint density at radius 1 is 1.24 bits per heavy atom. The zero-order valence-corrected chi connectivity index (χ0v) is 11.0. The van der Waals surface area contributed by atoms with E-state index >= 15 is 0 Å². The Morgan fingerprint density at radius 2 is 1.94 bits per heavy atom. The molecule has 0 saturated carbocycles. The molecule has 0 radical (unpaired) electrons. The lowest BCUT2D eigenvalue weighted by molar-refractivity contribution is -0.158. The van der Waals surface area contributed by atoms with E-state index in [1.165, 1.54) is 0 Å². The second-order valence-electron chi connectivity index (χ2n) is 6.35. The van der Waals surface area contributed by atoms with Crippen LogP contribution in [0.2, 0.25) is 0 Å². The van der Waals surface area contributed by atoms with Crippen molar-refractivity contribution in [1.82, 2.24) is 9.80 Å². The number of piperidine rings is 1. The average molecular weight is 238 g/mol. The molecule has 4 nitrogen and oxygen atoms in total. The van der Waals surface area contributed by atoms with E-state index in [-0.39, 0.29) is 29.8 Å². The molecule has 1 unspecified atom stereocenters. The van der Waals surface area contributed by atoms with Gasteiger partial charge in [0.05, 0.1) is 6.54 Å². The molecule has 2 rings (SSSR count). The van der Waals surface area contributed by atoms with E-state index < -0.39 is 0 Å². The number of piperazine rings is 1. The van der Waals surface area contributed by atoms with Crippen LogP contribution in [0.5, 0.6) is 0 Å². The van der Waals surface area contributed by atoms with Gasteiger partial charge in [0.2, 0.25) is 11.8 Å². The van der Waals surface area contributed by atoms with Crippen molar-refractivity contribution in [3.05, 3.63) is 0 Å². The van der Waals surface area contributed by atoms with Crippen LogP contribution in [0.25, 0.3) is 0 Å². The molecule has 2 amide bonds. The lowest BCUT2D eigenvalue weighted by Crippen LogP contribution is -2.62. The van der Waals surface area contributed by atoms with Gasteiger partial charge in [-0.25, -0.2) is 0 Å². The molecular weight excluding hydrogens is 216 g/mol. The minimum atomic E-state index is -0.174. The molecule has 0 spiro atoms. The molecule has 2 saturated heterocycles. The second kappa shape index (κ2) is 4.31. The fourth-order valence-electron chi connectivity index (χ4n) is 2.74. The zero-order chi connectivity index (χ0) is 12.6. The van der Waals surface area contributed by atoms with Gasteiger partial charge in [-0.05, 0) is 24.7 Å². The van der Waals surface area contributed by atoms with E-state index in [9.17, 15) is 9.59 Å². The smallest absolute Gasteiger partial charge is 0.245 e. The summed E-state index contributed by atoms with van der Waals surface area (Å²) < 4.78 is 0. The summed E-state index contributed by atoms with van der Waals surface area (Å²) >= 11 is 0. The Bertz CT molecular complexity index is 333. The minimum Gasteiger partial charge on any atom is -0.331 e. The van der Waals surface area contributed by atoms with Crippen LogP contribution < -0.4 is 0 Å². The maximum absolute atomic E-state index is 12.3. The molecule has 0 aromatic heterocycles.